The maximum absolute atomic E-state index is 13.0. The number of hydrogen-bond donors (Lipinski definition) is 1. The maximum atomic E-state index is 13.0. The Labute approximate surface area is 228 Å². The quantitative estimate of drug-likeness (QED) is 0.292. The Bertz CT molecular complexity index is 1360. The Balaban J connectivity index is 1.47. The van der Waals surface area contributed by atoms with Crippen molar-refractivity contribution in [3.63, 3.8) is 0 Å². The molecule has 37 heavy (non-hydrogen) atoms. The van der Waals surface area contributed by atoms with Crippen molar-refractivity contribution in [1.29, 1.82) is 0 Å². The third-order valence-electron chi connectivity index (χ3n) is 6.33. The first-order valence-electron chi connectivity index (χ1n) is 12.4. The minimum atomic E-state index is -3.33. The van der Waals surface area contributed by atoms with E-state index in [1.54, 1.807) is 18.2 Å². The SMILES string of the molecule is C[C@@H](CC(=O)Nc1ccc(S(=O)(=O)C2CC2)c(CN(C)C)c1)c1cc(Br)ccc1OCc1ccccc1. The molecule has 0 radical (unpaired) electrons. The van der Waals surface area contributed by atoms with Crippen LogP contribution in [0, 0.1) is 0 Å². The number of nitrogens with one attached hydrogen (secondary N) is 1. The summed E-state index contributed by atoms with van der Waals surface area (Å²) in [5, 5.41) is 2.69. The average Bonchev–Trinajstić information content (AvgIpc) is 3.70. The van der Waals surface area contributed by atoms with Gasteiger partial charge < -0.3 is 15.0 Å². The number of benzene rings is 3. The molecule has 1 aliphatic carbocycles. The zero-order chi connectivity index (χ0) is 26.6. The van der Waals surface area contributed by atoms with Crippen LogP contribution in [-0.2, 0) is 27.8 Å². The first-order valence-corrected chi connectivity index (χ1v) is 14.7. The molecular weight excluding hydrogens is 552 g/mol. The largest absolute Gasteiger partial charge is 0.489 e. The van der Waals surface area contributed by atoms with Crippen LogP contribution in [0.2, 0.25) is 0 Å². The molecule has 0 spiro atoms. The zero-order valence-electron chi connectivity index (χ0n) is 21.4. The summed E-state index contributed by atoms with van der Waals surface area (Å²) in [6.45, 7) is 2.92. The van der Waals surface area contributed by atoms with Crippen LogP contribution in [0.4, 0.5) is 5.69 Å². The summed E-state index contributed by atoms with van der Waals surface area (Å²) in [4.78, 5) is 15.3. The molecule has 0 aromatic heterocycles. The first kappa shape index (κ1) is 27.4. The van der Waals surface area contributed by atoms with Crippen LogP contribution in [0.1, 0.15) is 48.8 Å². The molecule has 1 amide bonds. The van der Waals surface area contributed by atoms with E-state index in [4.69, 9.17) is 4.74 Å². The van der Waals surface area contributed by atoms with Crippen LogP contribution in [0.15, 0.2) is 76.1 Å². The number of carbonyl (C=O) groups excluding carboxylic acids is 1. The summed E-state index contributed by atoms with van der Waals surface area (Å²) in [7, 11) is 0.463. The van der Waals surface area contributed by atoms with E-state index < -0.39 is 9.84 Å². The molecule has 1 aliphatic rings. The van der Waals surface area contributed by atoms with Gasteiger partial charge in [0.25, 0.3) is 0 Å². The molecule has 3 aromatic rings. The molecule has 8 heteroatoms. The van der Waals surface area contributed by atoms with Crippen molar-refractivity contribution >= 4 is 37.4 Å². The van der Waals surface area contributed by atoms with Gasteiger partial charge in [-0.25, -0.2) is 8.42 Å². The van der Waals surface area contributed by atoms with Crippen LogP contribution >= 0.6 is 15.9 Å². The normalized spacial score (nSPS) is 14.4. The average molecular weight is 586 g/mol. The van der Waals surface area contributed by atoms with Crippen LogP contribution in [0.5, 0.6) is 5.75 Å². The lowest BCUT2D eigenvalue weighted by Gasteiger charge is -2.19. The molecule has 196 valence electrons. The lowest BCUT2D eigenvalue weighted by atomic mass is 9.96. The van der Waals surface area contributed by atoms with E-state index in [0.717, 1.165) is 21.3 Å². The van der Waals surface area contributed by atoms with Crippen molar-refractivity contribution in [3.05, 3.63) is 87.9 Å². The second-order valence-corrected chi connectivity index (χ2v) is 13.0. The van der Waals surface area contributed by atoms with E-state index in [2.05, 4.69) is 21.2 Å². The highest BCUT2D eigenvalue weighted by atomic mass is 79.9. The lowest BCUT2D eigenvalue weighted by molar-refractivity contribution is -0.116. The van der Waals surface area contributed by atoms with Gasteiger partial charge in [0.05, 0.1) is 10.1 Å². The molecule has 0 saturated heterocycles. The number of carbonyl (C=O) groups is 1. The minimum Gasteiger partial charge on any atom is -0.489 e. The lowest BCUT2D eigenvalue weighted by Crippen LogP contribution is -2.18. The summed E-state index contributed by atoms with van der Waals surface area (Å²) in [6.07, 6.45) is 1.68. The number of hydrogen-bond acceptors (Lipinski definition) is 5. The predicted octanol–water partition coefficient (Wildman–Crippen LogP) is 6.16. The number of halogens is 1. The predicted molar refractivity (Wildman–Crippen MR) is 151 cm³/mol. The van der Waals surface area contributed by atoms with E-state index in [1.807, 2.05) is 74.4 Å². The van der Waals surface area contributed by atoms with Crippen LogP contribution < -0.4 is 10.1 Å². The van der Waals surface area contributed by atoms with Gasteiger partial charge in [-0.3, -0.25) is 4.79 Å². The van der Waals surface area contributed by atoms with Crippen molar-refractivity contribution in [2.24, 2.45) is 0 Å². The topological polar surface area (TPSA) is 75.7 Å². The fraction of sp³-hybridized carbons (Fsp3) is 0.345. The number of ether oxygens (including phenoxy) is 1. The van der Waals surface area contributed by atoms with E-state index in [-0.39, 0.29) is 23.5 Å². The molecule has 6 nitrogen and oxygen atoms in total. The van der Waals surface area contributed by atoms with Gasteiger partial charge in [0, 0.05) is 23.1 Å². The molecule has 0 heterocycles. The molecule has 0 unspecified atom stereocenters. The standard InChI is InChI=1S/C29H33BrN2O4S/c1-20(26-17-23(30)9-13-27(26)36-19-21-7-5-4-6-8-21)15-29(33)31-24-10-14-28(22(16-24)18-32(2)3)37(34,35)25-11-12-25/h4-10,13-14,16-17,20,25H,11-12,15,18-19H2,1-3H3,(H,31,33)/t20-/m0/s1. The highest BCUT2D eigenvalue weighted by Gasteiger charge is 2.38. The third-order valence-corrected chi connectivity index (χ3v) is 9.19. The van der Waals surface area contributed by atoms with Gasteiger partial charge >= 0.3 is 0 Å². The maximum Gasteiger partial charge on any atom is 0.224 e. The first-order chi connectivity index (χ1) is 17.6. The van der Waals surface area contributed by atoms with Crippen molar-refractivity contribution in [1.82, 2.24) is 4.90 Å². The number of sulfone groups is 1. The van der Waals surface area contributed by atoms with Gasteiger partial charge in [-0.2, -0.15) is 0 Å². The summed E-state index contributed by atoms with van der Waals surface area (Å²) in [6, 6.07) is 20.9. The molecule has 1 saturated carbocycles. The molecular formula is C29H33BrN2O4S. The smallest absolute Gasteiger partial charge is 0.224 e. The van der Waals surface area contributed by atoms with Gasteiger partial charge in [-0.15, -0.1) is 0 Å². The van der Waals surface area contributed by atoms with Crippen LogP contribution in [-0.4, -0.2) is 38.6 Å². The van der Waals surface area contributed by atoms with Gasteiger partial charge in [-0.05, 0) is 85.9 Å². The second-order valence-electron chi connectivity index (χ2n) is 9.91. The van der Waals surface area contributed by atoms with Gasteiger partial charge in [0.15, 0.2) is 9.84 Å². The molecule has 3 aromatic carbocycles. The van der Waals surface area contributed by atoms with Gasteiger partial charge in [0.1, 0.15) is 12.4 Å². The molecule has 1 N–H and O–H groups in total. The Morgan fingerprint density at radius 1 is 1.08 bits per heavy atom. The minimum absolute atomic E-state index is 0.0981. The third kappa shape index (κ3) is 7.21. The Hall–Kier alpha value is -2.68. The van der Waals surface area contributed by atoms with Crippen molar-refractivity contribution in [2.45, 2.75) is 55.4 Å². The van der Waals surface area contributed by atoms with E-state index in [0.29, 0.717) is 42.1 Å². The number of rotatable bonds is 11. The molecule has 1 atom stereocenters. The number of amides is 1. The van der Waals surface area contributed by atoms with Crippen molar-refractivity contribution < 1.29 is 17.9 Å². The molecule has 0 bridgehead atoms. The Kier molecular flexibility index (Phi) is 8.72. The summed E-state index contributed by atoms with van der Waals surface area (Å²) in [5.74, 6) is 0.504. The second kappa shape index (κ2) is 11.8. The molecule has 0 aliphatic heterocycles. The van der Waals surface area contributed by atoms with Gasteiger partial charge in [0.2, 0.25) is 5.91 Å². The molecule has 4 rings (SSSR count). The van der Waals surface area contributed by atoms with Crippen molar-refractivity contribution in [3.8, 4) is 5.75 Å². The Morgan fingerprint density at radius 3 is 2.49 bits per heavy atom. The highest BCUT2D eigenvalue weighted by molar-refractivity contribution is 9.10. The summed E-state index contributed by atoms with van der Waals surface area (Å²) >= 11 is 3.54. The van der Waals surface area contributed by atoms with E-state index in [9.17, 15) is 13.2 Å². The fourth-order valence-electron chi connectivity index (χ4n) is 4.33. The fourth-order valence-corrected chi connectivity index (χ4v) is 6.57. The van der Waals surface area contributed by atoms with Crippen molar-refractivity contribution in [2.75, 3.05) is 19.4 Å². The zero-order valence-corrected chi connectivity index (χ0v) is 23.8. The number of nitrogens with zero attached hydrogens (tertiary/aromatic N) is 1. The highest BCUT2D eigenvalue weighted by Crippen LogP contribution is 2.36. The summed E-state index contributed by atoms with van der Waals surface area (Å²) in [5.41, 5.74) is 3.31. The van der Waals surface area contributed by atoms with Gasteiger partial charge in [-0.1, -0.05) is 53.2 Å². The van der Waals surface area contributed by atoms with E-state index in [1.165, 1.54) is 0 Å². The van der Waals surface area contributed by atoms with E-state index >= 15 is 0 Å². The Morgan fingerprint density at radius 2 is 1.81 bits per heavy atom. The summed E-state index contributed by atoms with van der Waals surface area (Å²) < 4.78 is 32.9. The monoisotopic (exact) mass is 584 g/mol. The number of anilines is 1. The van der Waals surface area contributed by atoms with Crippen LogP contribution in [0.25, 0.3) is 0 Å². The van der Waals surface area contributed by atoms with Crippen LogP contribution in [0.3, 0.4) is 0 Å². The molecule has 1 fully saturated rings.